The summed E-state index contributed by atoms with van der Waals surface area (Å²) in [4.78, 5) is 4.12. The molecule has 1 fully saturated rings. The van der Waals surface area contributed by atoms with E-state index >= 15 is 0 Å². The molecule has 72 valence electrons. The molecule has 3 heteroatoms. The monoisotopic (exact) mass is 180 g/mol. The van der Waals surface area contributed by atoms with Crippen molar-refractivity contribution in [1.29, 1.82) is 0 Å². The van der Waals surface area contributed by atoms with Gasteiger partial charge in [-0.2, -0.15) is 0 Å². The SMILES string of the molecule is c1coc(CCC2CCNCC2)n1. The molecule has 0 aliphatic carbocycles. The van der Waals surface area contributed by atoms with Crippen molar-refractivity contribution in [1.82, 2.24) is 10.3 Å². The fraction of sp³-hybridized carbons (Fsp3) is 0.700. The molecular formula is C10H16N2O. The Bertz CT molecular complexity index is 227. The molecule has 0 unspecified atom stereocenters. The quantitative estimate of drug-likeness (QED) is 0.768. The summed E-state index contributed by atoms with van der Waals surface area (Å²) in [6.45, 7) is 2.35. The Morgan fingerprint density at radius 3 is 3.00 bits per heavy atom. The molecule has 1 aromatic rings. The summed E-state index contributed by atoms with van der Waals surface area (Å²) < 4.78 is 5.20. The maximum Gasteiger partial charge on any atom is 0.193 e. The molecule has 0 aromatic carbocycles. The number of rotatable bonds is 3. The Labute approximate surface area is 78.5 Å². The van der Waals surface area contributed by atoms with Crippen molar-refractivity contribution < 1.29 is 4.42 Å². The van der Waals surface area contributed by atoms with E-state index < -0.39 is 0 Å². The number of aryl methyl sites for hydroxylation is 1. The van der Waals surface area contributed by atoms with Crippen LogP contribution in [0.2, 0.25) is 0 Å². The smallest absolute Gasteiger partial charge is 0.193 e. The summed E-state index contributed by atoms with van der Waals surface area (Å²) >= 11 is 0. The Kier molecular flexibility index (Phi) is 2.98. The lowest BCUT2D eigenvalue weighted by Crippen LogP contribution is -2.27. The number of nitrogens with one attached hydrogen (secondary N) is 1. The van der Waals surface area contributed by atoms with Gasteiger partial charge in [-0.1, -0.05) is 0 Å². The van der Waals surface area contributed by atoms with E-state index in [2.05, 4.69) is 10.3 Å². The van der Waals surface area contributed by atoms with Crippen LogP contribution in [0.3, 0.4) is 0 Å². The van der Waals surface area contributed by atoms with Gasteiger partial charge in [0.15, 0.2) is 5.89 Å². The van der Waals surface area contributed by atoms with Gasteiger partial charge in [0.2, 0.25) is 0 Å². The van der Waals surface area contributed by atoms with Gasteiger partial charge in [-0.25, -0.2) is 4.98 Å². The molecule has 0 bridgehead atoms. The Hall–Kier alpha value is -0.830. The molecule has 0 amide bonds. The first-order chi connectivity index (χ1) is 6.45. The minimum Gasteiger partial charge on any atom is -0.449 e. The summed E-state index contributed by atoms with van der Waals surface area (Å²) in [6.07, 6.45) is 8.21. The molecule has 1 aromatic heterocycles. The van der Waals surface area contributed by atoms with E-state index in [1.165, 1.54) is 32.4 Å². The van der Waals surface area contributed by atoms with Crippen molar-refractivity contribution in [3.8, 4) is 0 Å². The van der Waals surface area contributed by atoms with Gasteiger partial charge in [0, 0.05) is 6.42 Å². The zero-order valence-electron chi connectivity index (χ0n) is 7.83. The number of hydrogen-bond acceptors (Lipinski definition) is 3. The van der Waals surface area contributed by atoms with Crippen LogP contribution < -0.4 is 5.32 Å². The van der Waals surface area contributed by atoms with Crippen LogP contribution in [0.15, 0.2) is 16.9 Å². The largest absolute Gasteiger partial charge is 0.449 e. The molecule has 0 radical (unpaired) electrons. The average molecular weight is 180 g/mol. The fourth-order valence-electron chi connectivity index (χ4n) is 1.87. The summed E-state index contributed by atoms with van der Waals surface area (Å²) in [5.74, 6) is 1.76. The molecular weight excluding hydrogens is 164 g/mol. The van der Waals surface area contributed by atoms with Crippen LogP contribution in [0.4, 0.5) is 0 Å². The van der Waals surface area contributed by atoms with E-state index in [9.17, 15) is 0 Å². The molecule has 1 aliphatic rings. The van der Waals surface area contributed by atoms with Gasteiger partial charge in [-0.15, -0.1) is 0 Å². The van der Waals surface area contributed by atoms with E-state index in [0.29, 0.717) is 0 Å². The van der Waals surface area contributed by atoms with Crippen molar-refractivity contribution >= 4 is 0 Å². The fourth-order valence-corrected chi connectivity index (χ4v) is 1.87. The highest BCUT2D eigenvalue weighted by molar-refractivity contribution is 4.81. The van der Waals surface area contributed by atoms with E-state index in [0.717, 1.165) is 18.2 Å². The van der Waals surface area contributed by atoms with Gasteiger partial charge >= 0.3 is 0 Å². The Morgan fingerprint density at radius 1 is 1.46 bits per heavy atom. The molecule has 1 aliphatic heterocycles. The molecule has 0 spiro atoms. The summed E-state index contributed by atoms with van der Waals surface area (Å²) in [6, 6.07) is 0. The van der Waals surface area contributed by atoms with E-state index in [1.807, 2.05) is 0 Å². The highest BCUT2D eigenvalue weighted by Crippen LogP contribution is 2.17. The van der Waals surface area contributed by atoms with Crippen LogP contribution in [0.5, 0.6) is 0 Å². The highest BCUT2D eigenvalue weighted by atomic mass is 16.3. The minimum absolute atomic E-state index is 0.869. The number of hydrogen-bond donors (Lipinski definition) is 1. The maximum atomic E-state index is 5.20. The van der Waals surface area contributed by atoms with Crippen LogP contribution in [0.25, 0.3) is 0 Å². The zero-order chi connectivity index (χ0) is 8.93. The van der Waals surface area contributed by atoms with Crippen LogP contribution >= 0.6 is 0 Å². The second-order valence-electron chi connectivity index (χ2n) is 3.66. The molecule has 13 heavy (non-hydrogen) atoms. The average Bonchev–Trinajstić information content (AvgIpc) is 2.69. The van der Waals surface area contributed by atoms with Crippen LogP contribution in [0.1, 0.15) is 25.2 Å². The molecule has 1 saturated heterocycles. The summed E-state index contributed by atoms with van der Waals surface area (Å²) in [7, 11) is 0. The first kappa shape index (κ1) is 8.75. The first-order valence-corrected chi connectivity index (χ1v) is 5.04. The summed E-state index contributed by atoms with van der Waals surface area (Å²) in [5, 5.41) is 3.37. The van der Waals surface area contributed by atoms with Gasteiger partial charge in [0.05, 0.1) is 6.20 Å². The predicted octanol–water partition coefficient (Wildman–Crippen LogP) is 1.61. The molecule has 1 N–H and O–H groups in total. The Balaban J connectivity index is 1.72. The zero-order valence-corrected chi connectivity index (χ0v) is 7.83. The predicted molar refractivity (Wildman–Crippen MR) is 50.4 cm³/mol. The van der Waals surface area contributed by atoms with E-state index in [-0.39, 0.29) is 0 Å². The highest BCUT2D eigenvalue weighted by Gasteiger charge is 2.13. The summed E-state index contributed by atoms with van der Waals surface area (Å²) in [5.41, 5.74) is 0. The lowest BCUT2D eigenvalue weighted by molar-refractivity contribution is 0.341. The maximum absolute atomic E-state index is 5.20. The van der Waals surface area contributed by atoms with Crippen LogP contribution in [-0.2, 0) is 6.42 Å². The number of piperidine rings is 1. The topological polar surface area (TPSA) is 38.1 Å². The van der Waals surface area contributed by atoms with Gasteiger partial charge in [0.1, 0.15) is 6.26 Å². The third-order valence-corrected chi connectivity index (χ3v) is 2.71. The minimum atomic E-state index is 0.869. The second-order valence-corrected chi connectivity index (χ2v) is 3.66. The molecule has 2 heterocycles. The van der Waals surface area contributed by atoms with E-state index in [1.54, 1.807) is 12.5 Å². The van der Waals surface area contributed by atoms with Gasteiger partial charge in [-0.05, 0) is 38.3 Å². The molecule has 3 nitrogen and oxygen atoms in total. The first-order valence-electron chi connectivity index (χ1n) is 5.04. The second kappa shape index (κ2) is 4.42. The normalized spacial score (nSPS) is 19.1. The van der Waals surface area contributed by atoms with Crippen molar-refractivity contribution in [2.24, 2.45) is 5.92 Å². The standard InChI is InChI=1S/C10H16N2O/c1(2-10-12-7-8-13-10)9-3-5-11-6-4-9/h7-9,11H,1-6H2. The van der Waals surface area contributed by atoms with Gasteiger partial charge < -0.3 is 9.73 Å². The third-order valence-electron chi connectivity index (χ3n) is 2.71. The lowest BCUT2D eigenvalue weighted by Gasteiger charge is -2.21. The van der Waals surface area contributed by atoms with Crippen LogP contribution in [0, 0.1) is 5.92 Å². The molecule has 2 rings (SSSR count). The number of nitrogens with zero attached hydrogens (tertiary/aromatic N) is 1. The van der Waals surface area contributed by atoms with E-state index in [4.69, 9.17) is 4.42 Å². The third kappa shape index (κ3) is 2.56. The number of aromatic nitrogens is 1. The number of oxazole rings is 1. The molecule has 0 saturated carbocycles. The van der Waals surface area contributed by atoms with Gasteiger partial charge in [0.25, 0.3) is 0 Å². The Morgan fingerprint density at radius 2 is 2.31 bits per heavy atom. The van der Waals surface area contributed by atoms with Crippen molar-refractivity contribution in [3.63, 3.8) is 0 Å². The van der Waals surface area contributed by atoms with Crippen molar-refractivity contribution in [2.45, 2.75) is 25.7 Å². The van der Waals surface area contributed by atoms with Crippen molar-refractivity contribution in [3.05, 3.63) is 18.4 Å². The molecule has 0 atom stereocenters. The van der Waals surface area contributed by atoms with Gasteiger partial charge in [-0.3, -0.25) is 0 Å². The van der Waals surface area contributed by atoms with Crippen LogP contribution in [-0.4, -0.2) is 18.1 Å². The lowest BCUT2D eigenvalue weighted by atomic mass is 9.93. The van der Waals surface area contributed by atoms with Crippen molar-refractivity contribution in [2.75, 3.05) is 13.1 Å².